The lowest BCUT2D eigenvalue weighted by Gasteiger charge is -2.21. The van der Waals surface area contributed by atoms with E-state index in [1.165, 1.54) is 0 Å². The highest BCUT2D eigenvalue weighted by molar-refractivity contribution is 7.80. The molecule has 0 spiro atoms. The van der Waals surface area contributed by atoms with E-state index in [-0.39, 0.29) is 11.5 Å². The number of carboxylic acid groups (broad SMARTS) is 1. The molecule has 24 heavy (non-hydrogen) atoms. The molecule has 0 aliphatic carbocycles. The van der Waals surface area contributed by atoms with Crippen molar-refractivity contribution in [2.24, 2.45) is 17.2 Å². The maximum absolute atomic E-state index is 12.0. The monoisotopic (exact) mass is 382 g/mol. The van der Waals surface area contributed by atoms with E-state index in [1.807, 2.05) is 0 Å². The molecular weight excluding hydrogens is 356 g/mol. The number of nitrogens with one attached hydrogen (secondary N) is 3. The molecule has 0 aromatic rings. The number of hydrogen-bond donors (Lipinski definition) is 9. The van der Waals surface area contributed by atoms with E-state index < -0.39 is 42.2 Å². The van der Waals surface area contributed by atoms with Crippen LogP contribution in [0.15, 0.2) is 0 Å². The molecule has 140 valence electrons. The van der Waals surface area contributed by atoms with Gasteiger partial charge in [0, 0.05) is 11.5 Å². The molecule has 0 fully saturated rings. The second kappa shape index (κ2) is 12.3. The Kier molecular flexibility index (Phi) is 11.8. The van der Waals surface area contributed by atoms with Gasteiger partial charge >= 0.3 is 5.97 Å². The van der Waals surface area contributed by atoms with Crippen molar-refractivity contribution in [1.29, 1.82) is 0 Å². The molecule has 2 unspecified atom stereocenters. The molecule has 10 N–H and O–H groups in total. The number of carbonyl (C=O) groups excluding carboxylic acids is 2. The van der Waals surface area contributed by atoms with Crippen molar-refractivity contribution in [3.63, 3.8) is 0 Å². The Morgan fingerprint density at radius 2 is 1.50 bits per heavy atom. The largest absolute Gasteiger partial charge is 0.480 e. The summed E-state index contributed by atoms with van der Waals surface area (Å²) in [6.45, 7) is 0.497. The summed E-state index contributed by atoms with van der Waals surface area (Å²) in [4.78, 5) is 34.9. The molecule has 0 aromatic carbocycles. The summed E-state index contributed by atoms with van der Waals surface area (Å²) in [7, 11) is 0. The zero-order valence-electron chi connectivity index (χ0n) is 13.1. The van der Waals surface area contributed by atoms with Crippen molar-refractivity contribution in [1.82, 2.24) is 16.0 Å². The number of hydrogen-bond acceptors (Lipinski definition) is 9. The number of amides is 2. The minimum atomic E-state index is -1.22. The van der Waals surface area contributed by atoms with Crippen LogP contribution in [-0.2, 0) is 14.4 Å². The summed E-state index contributed by atoms with van der Waals surface area (Å²) in [6.07, 6.45) is 0.292. The zero-order valence-corrected chi connectivity index (χ0v) is 14.9. The van der Waals surface area contributed by atoms with Crippen LogP contribution in [-0.4, -0.2) is 65.4 Å². The quantitative estimate of drug-likeness (QED) is 0.0959. The number of carboxylic acids is 1. The van der Waals surface area contributed by atoms with E-state index in [0.29, 0.717) is 19.4 Å². The number of rotatable bonds is 12. The fraction of sp³-hybridized carbons (Fsp3) is 0.750. The van der Waals surface area contributed by atoms with Crippen LogP contribution in [0.1, 0.15) is 12.8 Å². The molecule has 2 amide bonds. The van der Waals surface area contributed by atoms with Gasteiger partial charge in [-0.15, -0.1) is 0 Å². The van der Waals surface area contributed by atoms with Crippen LogP contribution < -0.4 is 33.2 Å². The molecule has 0 aliphatic rings. The van der Waals surface area contributed by atoms with E-state index >= 15 is 0 Å². The molecule has 3 atom stereocenters. The van der Waals surface area contributed by atoms with Crippen molar-refractivity contribution in [2.75, 3.05) is 18.1 Å². The first-order valence-electron chi connectivity index (χ1n) is 7.28. The first-order chi connectivity index (χ1) is 11.2. The Bertz CT molecular complexity index is 426. The summed E-state index contributed by atoms with van der Waals surface area (Å²) >= 11 is 7.84. The van der Waals surface area contributed by atoms with Gasteiger partial charge in [-0.25, -0.2) is 4.79 Å². The number of nitrogens with two attached hydrogens (primary N) is 3. The van der Waals surface area contributed by atoms with Crippen molar-refractivity contribution in [3.8, 4) is 0 Å². The SMILES string of the molecule is NC(N)NCCC[C@H](N)C(=O)NC(CS)C(=O)NC(CS)C(=O)O. The summed E-state index contributed by atoms with van der Waals surface area (Å²) in [5, 5.41) is 16.4. The molecule has 0 saturated carbocycles. The summed E-state index contributed by atoms with van der Waals surface area (Å²) in [5.74, 6) is -2.50. The van der Waals surface area contributed by atoms with Gasteiger partial charge in [-0.3, -0.25) is 14.9 Å². The zero-order chi connectivity index (χ0) is 18.7. The molecule has 12 heteroatoms. The molecule has 0 aromatic heterocycles. The predicted octanol–water partition coefficient (Wildman–Crippen LogP) is -3.20. The maximum atomic E-state index is 12.0. The molecule has 0 rings (SSSR count). The Balaban J connectivity index is 4.40. The third-order valence-electron chi connectivity index (χ3n) is 3.02. The number of aliphatic carboxylic acids is 1. The summed E-state index contributed by atoms with van der Waals surface area (Å²) < 4.78 is 0. The molecular formula is C12H26N6O4S2. The minimum absolute atomic E-state index is 0.00716. The second-order valence-corrected chi connectivity index (χ2v) is 5.78. The van der Waals surface area contributed by atoms with Gasteiger partial charge in [-0.1, -0.05) is 0 Å². The lowest BCUT2D eigenvalue weighted by atomic mass is 10.1. The Hall–Kier alpha value is -1.05. The molecule has 0 heterocycles. The Morgan fingerprint density at radius 1 is 0.958 bits per heavy atom. The van der Waals surface area contributed by atoms with E-state index in [2.05, 4.69) is 41.2 Å². The van der Waals surface area contributed by atoms with Gasteiger partial charge in [0.25, 0.3) is 0 Å². The van der Waals surface area contributed by atoms with E-state index in [1.54, 1.807) is 0 Å². The van der Waals surface area contributed by atoms with E-state index in [9.17, 15) is 14.4 Å². The van der Waals surface area contributed by atoms with Crippen molar-refractivity contribution < 1.29 is 19.5 Å². The maximum Gasteiger partial charge on any atom is 0.327 e. The van der Waals surface area contributed by atoms with Gasteiger partial charge in [-0.2, -0.15) is 25.3 Å². The van der Waals surface area contributed by atoms with Crippen LogP contribution in [0.5, 0.6) is 0 Å². The van der Waals surface area contributed by atoms with Crippen LogP contribution in [0.3, 0.4) is 0 Å². The topological polar surface area (TPSA) is 186 Å². The normalized spacial score (nSPS) is 14.8. The molecule has 0 bridgehead atoms. The fourth-order valence-corrected chi connectivity index (χ4v) is 2.16. The average molecular weight is 383 g/mol. The fourth-order valence-electron chi connectivity index (χ4n) is 1.65. The Morgan fingerprint density at radius 3 is 1.96 bits per heavy atom. The first-order valence-corrected chi connectivity index (χ1v) is 8.54. The Labute approximate surface area is 151 Å². The summed E-state index contributed by atoms with van der Waals surface area (Å²) in [5.41, 5.74) is 16.4. The summed E-state index contributed by atoms with van der Waals surface area (Å²) in [6, 6.07) is -2.97. The van der Waals surface area contributed by atoms with Crippen LogP contribution in [0.2, 0.25) is 0 Å². The smallest absolute Gasteiger partial charge is 0.327 e. The number of carbonyl (C=O) groups is 3. The first kappa shape index (κ1) is 22.9. The van der Waals surface area contributed by atoms with Gasteiger partial charge < -0.3 is 32.9 Å². The molecule has 0 radical (unpaired) electrons. The standard InChI is InChI=1S/C12H26N6O4S2/c13-6(2-1-3-16-12(14)15)9(19)17-7(4-23)10(20)18-8(5-24)11(21)22/h6-8,12,16,23-24H,1-5,13-15H2,(H,17,19)(H,18,20)(H,21,22)/t6-,7?,8?/m0/s1. The predicted molar refractivity (Wildman–Crippen MR) is 96.6 cm³/mol. The molecule has 10 nitrogen and oxygen atoms in total. The average Bonchev–Trinajstić information content (AvgIpc) is 2.52. The van der Waals surface area contributed by atoms with Crippen molar-refractivity contribution in [2.45, 2.75) is 37.3 Å². The van der Waals surface area contributed by atoms with Gasteiger partial charge in [0.2, 0.25) is 11.8 Å². The second-order valence-electron chi connectivity index (χ2n) is 5.05. The van der Waals surface area contributed by atoms with Crippen LogP contribution >= 0.6 is 25.3 Å². The van der Waals surface area contributed by atoms with E-state index in [4.69, 9.17) is 22.3 Å². The molecule has 0 aliphatic heterocycles. The van der Waals surface area contributed by atoms with Gasteiger partial charge in [0.1, 0.15) is 18.4 Å². The van der Waals surface area contributed by atoms with E-state index in [0.717, 1.165) is 0 Å². The lowest BCUT2D eigenvalue weighted by Crippen LogP contribution is -2.55. The number of thiol groups is 2. The highest BCUT2D eigenvalue weighted by atomic mass is 32.1. The van der Waals surface area contributed by atoms with Gasteiger partial charge in [-0.05, 0) is 19.4 Å². The van der Waals surface area contributed by atoms with Gasteiger partial charge in [0.05, 0.1) is 6.04 Å². The van der Waals surface area contributed by atoms with Gasteiger partial charge in [0.15, 0.2) is 0 Å². The third kappa shape index (κ3) is 9.30. The van der Waals surface area contributed by atoms with Crippen LogP contribution in [0.25, 0.3) is 0 Å². The van der Waals surface area contributed by atoms with Crippen LogP contribution in [0.4, 0.5) is 0 Å². The molecule has 0 saturated heterocycles. The van der Waals surface area contributed by atoms with Crippen molar-refractivity contribution in [3.05, 3.63) is 0 Å². The third-order valence-corrected chi connectivity index (χ3v) is 3.75. The van der Waals surface area contributed by atoms with Crippen LogP contribution in [0, 0.1) is 0 Å². The minimum Gasteiger partial charge on any atom is -0.480 e. The highest BCUT2D eigenvalue weighted by Crippen LogP contribution is 1.98. The highest BCUT2D eigenvalue weighted by Gasteiger charge is 2.26. The van der Waals surface area contributed by atoms with Crippen molar-refractivity contribution >= 4 is 43.0 Å². The lowest BCUT2D eigenvalue weighted by molar-refractivity contribution is -0.141.